The Morgan fingerprint density at radius 1 is 1.39 bits per heavy atom. The third-order valence-electron chi connectivity index (χ3n) is 3.49. The lowest BCUT2D eigenvalue weighted by molar-refractivity contribution is -0.131. The van der Waals surface area contributed by atoms with Crippen LogP contribution in [0.3, 0.4) is 0 Å². The second kappa shape index (κ2) is 7.10. The van der Waals surface area contributed by atoms with Gasteiger partial charge in [0.15, 0.2) is 0 Å². The largest absolute Gasteiger partial charge is 0.384 e. The van der Waals surface area contributed by atoms with Crippen molar-refractivity contribution in [2.45, 2.75) is 52.7 Å². The molecule has 0 aromatic heterocycles. The normalized spacial score (nSPS) is 26.1. The molecule has 1 aliphatic rings. The first-order chi connectivity index (χ1) is 8.51. The molecule has 3 unspecified atom stereocenters. The van der Waals surface area contributed by atoms with Gasteiger partial charge in [-0.15, -0.1) is 0 Å². The van der Waals surface area contributed by atoms with Gasteiger partial charge in [0.2, 0.25) is 5.91 Å². The van der Waals surface area contributed by atoms with Crippen LogP contribution in [-0.2, 0) is 9.53 Å². The summed E-state index contributed by atoms with van der Waals surface area (Å²) < 4.78 is 5.16. The molecule has 18 heavy (non-hydrogen) atoms. The van der Waals surface area contributed by atoms with E-state index in [9.17, 15) is 4.79 Å². The summed E-state index contributed by atoms with van der Waals surface area (Å²) in [7, 11) is 1.71. The topological polar surface area (TPSA) is 41.6 Å². The van der Waals surface area contributed by atoms with Crippen molar-refractivity contribution in [2.75, 3.05) is 20.3 Å². The number of nitrogens with one attached hydrogen (secondary N) is 1. The maximum atomic E-state index is 12.4. The Morgan fingerprint density at radius 2 is 2.06 bits per heavy atom. The zero-order valence-corrected chi connectivity index (χ0v) is 12.4. The van der Waals surface area contributed by atoms with Crippen LogP contribution in [0.4, 0.5) is 0 Å². The minimum atomic E-state index is -0.0173. The first-order valence-electron chi connectivity index (χ1n) is 7.06. The molecule has 0 radical (unpaired) electrons. The molecule has 0 aromatic rings. The fraction of sp³-hybridized carbons (Fsp3) is 0.929. The minimum Gasteiger partial charge on any atom is -0.384 e. The van der Waals surface area contributed by atoms with Gasteiger partial charge >= 0.3 is 0 Å². The van der Waals surface area contributed by atoms with E-state index in [2.05, 4.69) is 33.0 Å². The summed E-state index contributed by atoms with van der Waals surface area (Å²) in [5.41, 5.74) is 0. The zero-order chi connectivity index (χ0) is 13.7. The zero-order valence-electron chi connectivity index (χ0n) is 12.4. The number of hydrogen-bond acceptors (Lipinski definition) is 3. The van der Waals surface area contributed by atoms with E-state index in [-0.39, 0.29) is 18.1 Å². The van der Waals surface area contributed by atoms with Crippen LogP contribution in [0.5, 0.6) is 0 Å². The molecule has 0 spiro atoms. The van der Waals surface area contributed by atoms with E-state index in [4.69, 9.17) is 4.74 Å². The van der Waals surface area contributed by atoms with Crippen LogP contribution in [0.2, 0.25) is 0 Å². The smallest absolute Gasteiger partial charge is 0.241 e. The van der Waals surface area contributed by atoms with Crippen LogP contribution in [0, 0.1) is 11.8 Å². The molecule has 1 heterocycles. The van der Waals surface area contributed by atoms with Crippen molar-refractivity contribution in [1.82, 2.24) is 10.2 Å². The van der Waals surface area contributed by atoms with Gasteiger partial charge in [-0.2, -0.15) is 0 Å². The van der Waals surface area contributed by atoms with Crippen molar-refractivity contribution in [3.05, 3.63) is 0 Å². The Labute approximate surface area is 111 Å². The Balaban J connectivity index is 2.68. The molecule has 0 aromatic carbocycles. The molecule has 106 valence electrons. The Hall–Kier alpha value is -0.610. The standard InChI is InChI=1S/C14H28N2O2/c1-6-7-12-15-13(10(2)3)14(17)16(12)8-11(4)9-18-5/h10-13,15H,6-9H2,1-5H3. The van der Waals surface area contributed by atoms with Gasteiger partial charge in [0.25, 0.3) is 0 Å². The van der Waals surface area contributed by atoms with Crippen molar-refractivity contribution < 1.29 is 9.53 Å². The number of methoxy groups -OCH3 is 1. The van der Waals surface area contributed by atoms with E-state index in [0.717, 1.165) is 19.4 Å². The highest BCUT2D eigenvalue weighted by Gasteiger charge is 2.39. The van der Waals surface area contributed by atoms with Gasteiger partial charge in [-0.25, -0.2) is 0 Å². The lowest BCUT2D eigenvalue weighted by Gasteiger charge is -2.26. The third kappa shape index (κ3) is 3.69. The van der Waals surface area contributed by atoms with Crippen LogP contribution < -0.4 is 5.32 Å². The van der Waals surface area contributed by atoms with E-state index in [1.807, 2.05) is 4.90 Å². The summed E-state index contributed by atoms with van der Waals surface area (Å²) in [4.78, 5) is 14.4. The first-order valence-corrected chi connectivity index (χ1v) is 7.06. The SMILES string of the molecule is CCCC1NC(C(C)C)C(=O)N1CC(C)COC. The minimum absolute atomic E-state index is 0.0173. The molecule has 4 heteroatoms. The quantitative estimate of drug-likeness (QED) is 0.756. The fourth-order valence-electron chi connectivity index (χ4n) is 2.58. The molecule has 1 saturated heterocycles. The molecular formula is C14H28N2O2. The molecule has 3 atom stereocenters. The van der Waals surface area contributed by atoms with Gasteiger partial charge in [0.1, 0.15) is 0 Å². The third-order valence-corrected chi connectivity index (χ3v) is 3.49. The highest BCUT2D eigenvalue weighted by atomic mass is 16.5. The van der Waals surface area contributed by atoms with Gasteiger partial charge < -0.3 is 9.64 Å². The van der Waals surface area contributed by atoms with E-state index < -0.39 is 0 Å². The van der Waals surface area contributed by atoms with Crippen molar-refractivity contribution in [1.29, 1.82) is 0 Å². The highest BCUT2D eigenvalue weighted by molar-refractivity contribution is 5.84. The monoisotopic (exact) mass is 256 g/mol. The van der Waals surface area contributed by atoms with Crippen LogP contribution in [-0.4, -0.2) is 43.3 Å². The molecule has 1 rings (SSSR count). The summed E-state index contributed by atoms with van der Waals surface area (Å²) in [6.07, 6.45) is 2.31. The van der Waals surface area contributed by atoms with Gasteiger partial charge in [-0.1, -0.05) is 34.1 Å². The highest BCUT2D eigenvalue weighted by Crippen LogP contribution is 2.21. The van der Waals surface area contributed by atoms with Crippen LogP contribution >= 0.6 is 0 Å². The molecule has 0 bridgehead atoms. The molecule has 1 amide bonds. The number of carbonyl (C=O) groups excluding carboxylic acids is 1. The van der Waals surface area contributed by atoms with Gasteiger partial charge in [0, 0.05) is 13.7 Å². The summed E-state index contributed by atoms with van der Waals surface area (Å²) in [6, 6.07) is -0.0173. The molecule has 0 saturated carbocycles. The van der Waals surface area contributed by atoms with Gasteiger partial charge in [0.05, 0.1) is 18.8 Å². The lowest BCUT2D eigenvalue weighted by atomic mass is 10.0. The molecule has 1 fully saturated rings. The lowest BCUT2D eigenvalue weighted by Crippen LogP contribution is -2.40. The molecule has 1 N–H and O–H groups in total. The average molecular weight is 256 g/mol. The van der Waals surface area contributed by atoms with Gasteiger partial charge in [-0.05, 0) is 18.3 Å². The van der Waals surface area contributed by atoms with E-state index >= 15 is 0 Å². The van der Waals surface area contributed by atoms with E-state index in [1.165, 1.54) is 0 Å². The summed E-state index contributed by atoms with van der Waals surface area (Å²) in [5.74, 6) is 0.983. The summed E-state index contributed by atoms with van der Waals surface area (Å²) in [5, 5.41) is 3.47. The van der Waals surface area contributed by atoms with Crippen molar-refractivity contribution in [3.63, 3.8) is 0 Å². The number of nitrogens with zero attached hydrogens (tertiary/aromatic N) is 1. The van der Waals surface area contributed by atoms with Crippen molar-refractivity contribution >= 4 is 5.91 Å². The average Bonchev–Trinajstić information content (AvgIpc) is 2.59. The number of ether oxygens (including phenoxy) is 1. The first kappa shape index (κ1) is 15.4. The van der Waals surface area contributed by atoms with Crippen LogP contribution in [0.1, 0.15) is 40.5 Å². The fourth-order valence-corrected chi connectivity index (χ4v) is 2.58. The molecule has 1 aliphatic heterocycles. The Morgan fingerprint density at radius 3 is 2.56 bits per heavy atom. The number of amides is 1. The summed E-state index contributed by atoms with van der Waals surface area (Å²) >= 11 is 0. The molecule has 4 nitrogen and oxygen atoms in total. The number of rotatable bonds is 7. The second-order valence-corrected chi connectivity index (χ2v) is 5.74. The molecular weight excluding hydrogens is 228 g/mol. The second-order valence-electron chi connectivity index (χ2n) is 5.74. The summed E-state index contributed by atoms with van der Waals surface area (Å²) in [6.45, 7) is 9.97. The van der Waals surface area contributed by atoms with Crippen molar-refractivity contribution in [3.8, 4) is 0 Å². The van der Waals surface area contributed by atoms with Crippen molar-refractivity contribution in [2.24, 2.45) is 11.8 Å². The van der Waals surface area contributed by atoms with E-state index in [0.29, 0.717) is 18.4 Å². The van der Waals surface area contributed by atoms with Crippen LogP contribution in [0.25, 0.3) is 0 Å². The predicted octanol–water partition coefficient (Wildman–Crippen LogP) is 1.85. The maximum absolute atomic E-state index is 12.4. The predicted molar refractivity (Wildman–Crippen MR) is 73.2 cm³/mol. The molecule has 0 aliphatic carbocycles. The Bertz CT molecular complexity index is 269. The van der Waals surface area contributed by atoms with E-state index in [1.54, 1.807) is 7.11 Å². The van der Waals surface area contributed by atoms with Gasteiger partial charge in [-0.3, -0.25) is 10.1 Å². The number of carbonyl (C=O) groups is 1. The number of hydrogen-bond donors (Lipinski definition) is 1. The maximum Gasteiger partial charge on any atom is 0.241 e. The Kier molecular flexibility index (Phi) is 6.09. The van der Waals surface area contributed by atoms with Crippen LogP contribution in [0.15, 0.2) is 0 Å².